The number of para-hydroxylation sites is 1. The molecule has 30 heavy (non-hydrogen) atoms. The lowest BCUT2D eigenvalue weighted by atomic mass is 9.88. The molecule has 0 saturated heterocycles. The normalized spacial score (nSPS) is 11.9. The Kier molecular flexibility index (Phi) is 6.14. The Labute approximate surface area is 176 Å². The number of aromatic amines is 1. The molecule has 1 heterocycles. The van der Waals surface area contributed by atoms with E-state index in [-0.39, 0.29) is 11.8 Å². The summed E-state index contributed by atoms with van der Waals surface area (Å²) in [7, 11) is 1.66. The lowest BCUT2D eigenvalue weighted by molar-refractivity contribution is -0.121. The number of aromatic nitrogens is 1. The molecule has 1 aromatic heterocycles. The van der Waals surface area contributed by atoms with Gasteiger partial charge in [-0.2, -0.15) is 0 Å². The van der Waals surface area contributed by atoms with Gasteiger partial charge < -0.3 is 15.0 Å². The maximum Gasteiger partial charge on any atom is 0.220 e. The molecule has 3 aromatic carbocycles. The van der Waals surface area contributed by atoms with Crippen molar-refractivity contribution in [2.75, 3.05) is 13.7 Å². The molecule has 0 unspecified atom stereocenters. The second-order valence-corrected chi connectivity index (χ2v) is 7.41. The first-order valence-corrected chi connectivity index (χ1v) is 10.2. The number of H-pyrrole nitrogens is 1. The van der Waals surface area contributed by atoms with Crippen LogP contribution < -0.4 is 10.1 Å². The summed E-state index contributed by atoms with van der Waals surface area (Å²) in [4.78, 5) is 16.2. The summed E-state index contributed by atoms with van der Waals surface area (Å²) in [5, 5.41) is 4.24. The molecule has 4 nitrogen and oxygen atoms in total. The fourth-order valence-electron chi connectivity index (χ4n) is 3.87. The first-order chi connectivity index (χ1) is 14.7. The highest BCUT2D eigenvalue weighted by Crippen LogP contribution is 2.34. The molecule has 152 valence electrons. The van der Waals surface area contributed by atoms with Crippen molar-refractivity contribution in [2.24, 2.45) is 0 Å². The van der Waals surface area contributed by atoms with Crippen LogP contribution in [0.15, 0.2) is 85.1 Å². The molecule has 0 aliphatic rings. The molecule has 0 fully saturated rings. The number of benzene rings is 3. The van der Waals surface area contributed by atoms with E-state index < -0.39 is 0 Å². The van der Waals surface area contributed by atoms with Crippen LogP contribution in [0.25, 0.3) is 10.9 Å². The van der Waals surface area contributed by atoms with Crippen molar-refractivity contribution in [2.45, 2.75) is 18.8 Å². The van der Waals surface area contributed by atoms with Crippen molar-refractivity contribution in [1.29, 1.82) is 0 Å². The van der Waals surface area contributed by atoms with Crippen molar-refractivity contribution in [3.63, 3.8) is 0 Å². The van der Waals surface area contributed by atoms with Crippen molar-refractivity contribution in [1.82, 2.24) is 10.3 Å². The summed E-state index contributed by atoms with van der Waals surface area (Å²) in [5.74, 6) is 0.824. The highest BCUT2D eigenvalue weighted by Gasteiger charge is 2.21. The number of ether oxygens (including phenoxy) is 1. The minimum atomic E-state index is -0.0382. The fourth-order valence-corrected chi connectivity index (χ4v) is 3.87. The van der Waals surface area contributed by atoms with E-state index in [4.69, 9.17) is 4.74 Å². The second kappa shape index (κ2) is 9.31. The Bertz CT molecular complexity index is 1100. The van der Waals surface area contributed by atoms with Gasteiger partial charge in [0.2, 0.25) is 5.91 Å². The van der Waals surface area contributed by atoms with E-state index in [1.165, 1.54) is 5.56 Å². The van der Waals surface area contributed by atoms with Crippen LogP contribution in [0.2, 0.25) is 0 Å². The number of amides is 1. The van der Waals surface area contributed by atoms with E-state index in [0.29, 0.717) is 13.0 Å². The van der Waals surface area contributed by atoms with Gasteiger partial charge in [0.05, 0.1) is 7.11 Å². The molecule has 0 aliphatic heterocycles. The Hall–Kier alpha value is -3.53. The zero-order valence-electron chi connectivity index (χ0n) is 17.1. The van der Waals surface area contributed by atoms with E-state index in [1.54, 1.807) is 7.11 Å². The fraction of sp³-hybridized carbons (Fsp3) is 0.192. The van der Waals surface area contributed by atoms with Gasteiger partial charge in [-0.1, -0.05) is 60.7 Å². The number of carbonyl (C=O) groups is 1. The third-order valence-electron chi connectivity index (χ3n) is 5.48. The van der Waals surface area contributed by atoms with Crippen molar-refractivity contribution in [3.05, 3.63) is 102 Å². The second-order valence-electron chi connectivity index (χ2n) is 7.41. The van der Waals surface area contributed by atoms with Crippen molar-refractivity contribution >= 4 is 16.8 Å². The van der Waals surface area contributed by atoms with E-state index in [9.17, 15) is 4.79 Å². The van der Waals surface area contributed by atoms with E-state index in [0.717, 1.165) is 34.2 Å². The Morgan fingerprint density at radius 3 is 2.47 bits per heavy atom. The average molecular weight is 399 g/mol. The summed E-state index contributed by atoms with van der Waals surface area (Å²) in [6, 6.07) is 26.4. The third kappa shape index (κ3) is 4.54. The number of hydrogen-bond donors (Lipinski definition) is 2. The van der Waals surface area contributed by atoms with Crippen molar-refractivity contribution < 1.29 is 9.53 Å². The quantitative estimate of drug-likeness (QED) is 0.436. The van der Waals surface area contributed by atoms with Crippen LogP contribution >= 0.6 is 0 Å². The number of hydrogen-bond acceptors (Lipinski definition) is 2. The topological polar surface area (TPSA) is 54.1 Å². The van der Waals surface area contributed by atoms with E-state index >= 15 is 0 Å². The van der Waals surface area contributed by atoms with Gasteiger partial charge >= 0.3 is 0 Å². The predicted octanol–water partition coefficient (Wildman–Crippen LogP) is 5.06. The molecule has 0 aliphatic carbocycles. The third-order valence-corrected chi connectivity index (χ3v) is 5.48. The van der Waals surface area contributed by atoms with Gasteiger partial charge in [-0.05, 0) is 41.3 Å². The number of methoxy groups -OCH3 is 1. The summed E-state index contributed by atoms with van der Waals surface area (Å²) < 4.78 is 5.30. The highest BCUT2D eigenvalue weighted by atomic mass is 16.5. The minimum Gasteiger partial charge on any atom is -0.497 e. The Morgan fingerprint density at radius 2 is 1.70 bits per heavy atom. The molecule has 1 amide bonds. The lowest BCUT2D eigenvalue weighted by Crippen LogP contribution is -2.27. The van der Waals surface area contributed by atoms with Crippen LogP contribution in [-0.2, 0) is 11.2 Å². The number of fused-ring (bicyclic) bond motifs is 1. The molecule has 2 N–H and O–H groups in total. The zero-order chi connectivity index (χ0) is 20.8. The van der Waals surface area contributed by atoms with Crippen LogP contribution in [-0.4, -0.2) is 24.5 Å². The first-order valence-electron chi connectivity index (χ1n) is 10.2. The number of nitrogens with one attached hydrogen (secondary N) is 2. The molecule has 0 bridgehead atoms. The first kappa shape index (κ1) is 19.8. The van der Waals surface area contributed by atoms with Crippen LogP contribution in [0.1, 0.15) is 29.0 Å². The molecule has 1 atom stereocenters. The Morgan fingerprint density at radius 1 is 0.967 bits per heavy atom. The molecular formula is C26H26N2O2. The number of rotatable bonds is 8. The molecule has 4 heteroatoms. The standard InChI is InChI=1S/C26H26N2O2/c1-30-21-13-11-20(12-14-21)23(24-18-28-25-10-6-5-9-22(24)25)17-26(29)27-16-15-19-7-3-2-4-8-19/h2-14,18,23,28H,15-17H2,1H3,(H,27,29)/t23-/m0/s1. The van der Waals surface area contributed by atoms with Gasteiger partial charge in [-0.3, -0.25) is 4.79 Å². The van der Waals surface area contributed by atoms with Crippen LogP contribution in [0, 0.1) is 0 Å². The summed E-state index contributed by atoms with van der Waals surface area (Å²) in [6.45, 7) is 0.631. The largest absolute Gasteiger partial charge is 0.497 e. The smallest absolute Gasteiger partial charge is 0.220 e. The SMILES string of the molecule is COc1ccc([C@H](CC(=O)NCCc2ccccc2)c2c[nH]c3ccccc23)cc1. The van der Waals surface area contributed by atoms with Gasteiger partial charge in [-0.25, -0.2) is 0 Å². The average Bonchev–Trinajstić information content (AvgIpc) is 3.22. The van der Waals surface area contributed by atoms with E-state index in [1.807, 2.05) is 60.8 Å². The van der Waals surface area contributed by atoms with E-state index in [2.05, 4.69) is 34.6 Å². The van der Waals surface area contributed by atoms with Crippen LogP contribution in [0.4, 0.5) is 0 Å². The minimum absolute atomic E-state index is 0.0382. The Balaban J connectivity index is 1.53. The number of carbonyl (C=O) groups excluding carboxylic acids is 1. The van der Waals surface area contributed by atoms with Gasteiger partial charge in [0.15, 0.2) is 0 Å². The van der Waals surface area contributed by atoms with Gasteiger partial charge in [0, 0.05) is 36.0 Å². The molecule has 4 aromatic rings. The maximum atomic E-state index is 12.8. The molecule has 0 radical (unpaired) electrons. The molecule has 0 saturated carbocycles. The molecule has 4 rings (SSSR count). The molecule has 0 spiro atoms. The zero-order valence-corrected chi connectivity index (χ0v) is 17.1. The van der Waals surface area contributed by atoms with Gasteiger partial charge in [-0.15, -0.1) is 0 Å². The lowest BCUT2D eigenvalue weighted by Gasteiger charge is -2.18. The molecular weight excluding hydrogens is 372 g/mol. The monoisotopic (exact) mass is 398 g/mol. The van der Waals surface area contributed by atoms with Gasteiger partial charge in [0.1, 0.15) is 5.75 Å². The summed E-state index contributed by atoms with van der Waals surface area (Å²) in [6.07, 6.45) is 3.24. The highest BCUT2D eigenvalue weighted by molar-refractivity contribution is 5.86. The summed E-state index contributed by atoms with van der Waals surface area (Å²) in [5.41, 5.74) is 4.53. The predicted molar refractivity (Wildman–Crippen MR) is 121 cm³/mol. The maximum absolute atomic E-state index is 12.8. The van der Waals surface area contributed by atoms with Crippen LogP contribution in [0.3, 0.4) is 0 Å². The summed E-state index contributed by atoms with van der Waals surface area (Å²) >= 11 is 0. The van der Waals surface area contributed by atoms with Crippen LogP contribution in [0.5, 0.6) is 5.75 Å². The van der Waals surface area contributed by atoms with Crippen molar-refractivity contribution in [3.8, 4) is 5.75 Å². The van der Waals surface area contributed by atoms with Gasteiger partial charge in [0.25, 0.3) is 0 Å².